The van der Waals surface area contributed by atoms with Crippen LogP contribution in [0.1, 0.15) is 15.9 Å². The molecule has 0 fully saturated rings. The van der Waals surface area contributed by atoms with E-state index in [0.717, 1.165) is 32.6 Å². The summed E-state index contributed by atoms with van der Waals surface area (Å²) in [7, 11) is 0. The summed E-state index contributed by atoms with van der Waals surface area (Å²) in [6.45, 7) is 2.00. The Hall–Kier alpha value is -2.27. The average molecular weight is 269 g/mol. The van der Waals surface area contributed by atoms with E-state index in [1.54, 1.807) is 18.5 Å². The van der Waals surface area contributed by atoms with Crippen LogP contribution in [-0.2, 0) is 0 Å². The normalized spacial score (nSPS) is 10.8. The van der Waals surface area contributed by atoms with Gasteiger partial charge in [-0.05, 0) is 18.6 Å². The van der Waals surface area contributed by atoms with Gasteiger partial charge in [-0.15, -0.1) is 11.3 Å². The number of carbonyl (C=O) groups is 1. The largest absolute Gasteiger partial charge is 0.396 e. The molecule has 0 saturated heterocycles. The van der Waals surface area contributed by atoms with Crippen LogP contribution in [0.3, 0.4) is 0 Å². The SMILES string of the molecule is Cc1ccc(C=O)cc1-c1nc2c(N)cncc2s1. The van der Waals surface area contributed by atoms with Crippen molar-refractivity contribution < 1.29 is 4.79 Å². The first-order valence-corrected chi connectivity index (χ1v) is 6.57. The summed E-state index contributed by atoms with van der Waals surface area (Å²) in [6, 6.07) is 5.57. The minimum atomic E-state index is 0.573. The van der Waals surface area contributed by atoms with Crippen LogP contribution in [0.15, 0.2) is 30.6 Å². The lowest BCUT2D eigenvalue weighted by Crippen LogP contribution is -1.88. The minimum Gasteiger partial charge on any atom is -0.396 e. The van der Waals surface area contributed by atoms with Gasteiger partial charge in [0.25, 0.3) is 0 Å². The van der Waals surface area contributed by atoms with Crippen molar-refractivity contribution in [1.82, 2.24) is 9.97 Å². The van der Waals surface area contributed by atoms with Crippen molar-refractivity contribution in [3.63, 3.8) is 0 Å². The number of thiazole rings is 1. The summed E-state index contributed by atoms with van der Waals surface area (Å²) in [6.07, 6.45) is 4.19. The summed E-state index contributed by atoms with van der Waals surface area (Å²) in [4.78, 5) is 19.5. The maximum absolute atomic E-state index is 10.9. The van der Waals surface area contributed by atoms with Crippen LogP contribution in [-0.4, -0.2) is 16.3 Å². The Balaban J connectivity index is 2.24. The molecule has 0 radical (unpaired) electrons. The van der Waals surface area contributed by atoms with E-state index < -0.39 is 0 Å². The smallest absolute Gasteiger partial charge is 0.150 e. The number of nitrogens with zero attached hydrogens (tertiary/aromatic N) is 2. The van der Waals surface area contributed by atoms with Gasteiger partial charge in [0.2, 0.25) is 0 Å². The number of aldehydes is 1. The highest BCUT2D eigenvalue weighted by Crippen LogP contribution is 2.33. The zero-order valence-corrected chi connectivity index (χ0v) is 11.1. The van der Waals surface area contributed by atoms with Crippen LogP contribution in [0, 0.1) is 6.92 Å². The van der Waals surface area contributed by atoms with Gasteiger partial charge in [0.1, 0.15) is 16.8 Å². The second kappa shape index (κ2) is 4.44. The topological polar surface area (TPSA) is 68.9 Å². The molecule has 2 aromatic heterocycles. The molecule has 0 bridgehead atoms. The second-order valence-corrected chi connectivity index (χ2v) is 5.32. The molecule has 0 aliphatic carbocycles. The van der Waals surface area contributed by atoms with E-state index in [1.165, 1.54) is 11.3 Å². The molecule has 2 N–H and O–H groups in total. The predicted octanol–water partition coefficient (Wildman–Crippen LogP) is 3.06. The minimum absolute atomic E-state index is 0.573. The Morgan fingerprint density at radius 3 is 2.89 bits per heavy atom. The molecule has 0 amide bonds. The summed E-state index contributed by atoms with van der Waals surface area (Å²) in [5, 5.41) is 0.857. The van der Waals surface area contributed by atoms with Gasteiger partial charge < -0.3 is 5.73 Å². The fourth-order valence-electron chi connectivity index (χ4n) is 1.93. The van der Waals surface area contributed by atoms with Gasteiger partial charge >= 0.3 is 0 Å². The molecule has 0 saturated carbocycles. The number of hydrogen-bond acceptors (Lipinski definition) is 5. The van der Waals surface area contributed by atoms with Gasteiger partial charge in [0.15, 0.2) is 0 Å². The number of anilines is 1. The fraction of sp³-hybridized carbons (Fsp3) is 0.0714. The third-order valence-corrected chi connectivity index (χ3v) is 3.98. The average Bonchev–Trinajstić information content (AvgIpc) is 2.84. The summed E-state index contributed by atoms with van der Waals surface area (Å²) >= 11 is 1.53. The Morgan fingerprint density at radius 1 is 1.32 bits per heavy atom. The Bertz CT molecular complexity index is 779. The first-order valence-electron chi connectivity index (χ1n) is 5.75. The number of hydrogen-bond donors (Lipinski definition) is 1. The first-order chi connectivity index (χ1) is 9.19. The quantitative estimate of drug-likeness (QED) is 0.726. The molecule has 4 nitrogen and oxygen atoms in total. The molecular weight excluding hydrogens is 258 g/mol. The van der Waals surface area contributed by atoms with Crippen molar-refractivity contribution in [1.29, 1.82) is 0 Å². The standard InChI is InChI=1S/C14H11N3OS/c1-8-2-3-9(7-18)4-10(8)14-17-13-11(15)5-16-6-12(13)19-14/h2-7H,15H2,1H3. The number of benzene rings is 1. The first kappa shape index (κ1) is 11.8. The molecule has 5 heteroatoms. The lowest BCUT2D eigenvalue weighted by molar-refractivity contribution is 0.112. The van der Waals surface area contributed by atoms with Crippen LogP contribution in [0.2, 0.25) is 0 Å². The van der Waals surface area contributed by atoms with Gasteiger partial charge in [-0.1, -0.05) is 12.1 Å². The van der Waals surface area contributed by atoms with E-state index in [2.05, 4.69) is 9.97 Å². The number of nitrogens with two attached hydrogens (primary N) is 1. The van der Waals surface area contributed by atoms with Gasteiger partial charge in [0, 0.05) is 17.3 Å². The summed E-state index contributed by atoms with van der Waals surface area (Å²) < 4.78 is 0.950. The number of fused-ring (bicyclic) bond motifs is 1. The highest BCUT2D eigenvalue weighted by molar-refractivity contribution is 7.21. The molecular formula is C14H11N3OS. The third kappa shape index (κ3) is 1.98. The molecule has 2 heterocycles. The van der Waals surface area contributed by atoms with Crippen LogP contribution in [0.4, 0.5) is 5.69 Å². The van der Waals surface area contributed by atoms with E-state index in [4.69, 9.17) is 5.73 Å². The van der Waals surface area contributed by atoms with Crippen LogP contribution in [0.25, 0.3) is 20.8 Å². The molecule has 94 valence electrons. The maximum atomic E-state index is 10.9. The van der Waals surface area contributed by atoms with Crippen LogP contribution in [0.5, 0.6) is 0 Å². The monoisotopic (exact) mass is 269 g/mol. The van der Waals surface area contributed by atoms with Crippen molar-refractivity contribution in [3.8, 4) is 10.6 Å². The van der Waals surface area contributed by atoms with E-state index >= 15 is 0 Å². The van der Waals surface area contributed by atoms with Crippen molar-refractivity contribution in [2.24, 2.45) is 0 Å². The second-order valence-electron chi connectivity index (χ2n) is 4.29. The molecule has 0 aliphatic rings. The molecule has 1 aromatic carbocycles. The van der Waals surface area contributed by atoms with Crippen LogP contribution < -0.4 is 5.73 Å². The van der Waals surface area contributed by atoms with Crippen LogP contribution >= 0.6 is 11.3 Å². The lowest BCUT2D eigenvalue weighted by atomic mass is 10.1. The van der Waals surface area contributed by atoms with E-state index in [-0.39, 0.29) is 0 Å². The summed E-state index contributed by atoms with van der Waals surface area (Å²) in [5.41, 5.74) is 9.90. The van der Waals surface area contributed by atoms with E-state index in [0.29, 0.717) is 11.3 Å². The van der Waals surface area contributed by atoms with Crippen molar-refractivity contribution in [2.75, 3.05) is 5.73 Å². The Morgan fingerprint density at radius 2 is 2.16 bits per heavy atom. The fourth-order valence-corrected chi connectivity index (χ4v) is 2.98. The summed E-state index contributed by atoms with van der Waals surface area (Å²) in [5.74, 6) is 0. The molecule has 0 spiro atoms. The Kier molecular flexibility index (Phi) is 2.76. The maximum Gasteiger partial charge on any atom is 0.150 e. The molecule has 0 aliphatic heterocycles. The molecule has 3 rings (SSSR count). The zero-order valence-electron chi connectivity index (χ0n) is 10.3. The number of carbonyl (C=O) groups excluding carboxylic acids is 1. The van der Waals surface area contributed by atoms with Gasteiger partial charge in [-0.3, -0.25) is 9.78 Å². The van der Waals surface area contributed by atoms with Crippen molar-refractivity contribution >= 4 is 33.5 Å². The lowest BCUT2D eigenvalue weighted by Gasteiger charge is -2.02. The molecule has 0 atom stereocenters. The van der Waals surface area contributed by atoms with Gasteiger partial charge in [-0.2, -0.15) is 0 Å². The van der Waals surface area contributed by atoms with Gasteiger partial charge in [0.05, 0.1) is 16.6 Å². The molecule has 0 unspecified atom stereocenters. The van der Waals surface area contributed by atoms with Crippen molar-refractivity contribution in [2.45, 2.75) is 6.92 Å². The van der Waals surface area contributed by atoms with E-state index in [9.17, 15) is 4.79 Å². The third-order valence-electron chi connectivity index (χ3n) is 2.96. The zero-order chi connectivity index (χ0) is 13.4. The number of nitrogen functional groups attached to an aromatic ring is 1. The number of pyridine rings is 1. The van der Waals surface area contributed by atoms with E-state index in [1.807, 2.05) is 19.1 Å². The van der Waals surface area contributed by atoms with Crippen molar-refractivity contribution in [3.05, 3.63) is 41.7 Å². The molecule has 3 aromatic rings. The number of aromatic nitrogens is 2. The highest BCUT2D eigenvalue weighted by Gasteiger charge is 2.11. The van der Waals surface area contributed by atoms with Gasteiger partial charge in [-0.25, -0.2) is 4.98 Å². The highest BCUT2D eigenvalue weighted by atomic mass is 32.1. The number of aryl methyl sites for hydroxylation is 1. The predicted molar refractivity (Wildman–Crippen MR) is 77.4 cm³/mol. The Labute approximate surface area is 113 Å². The number of rotatable bonds is 2. The molecule has 19 heavy (non-hydrogen) atoms.